The van der Waals surface area contributed by atoms with E-state index in [2.05, 4.69) is 19.9 Å². The Balaban J connectivity index is 2.15. The molecule has 0 aliphatic rings. The van der Waals surface area contributed by atoms with Crippen molar-refractivity contribution in [2.24, 2.45) is 0 Å². The highest BCUT2D eigenvalue weighted by Gasteiger charge is 2.06. The van der Waals surface area contributed by atoms with Crippen molar-refractivity contribution < 1.29 is 0 Å². The number of nitrogens with zero attached hydrogens (tertiary/aromatic N) is 3. The lowest BCUT2D eigenvalue weighted by Gasteiger charge is -2.03. The Morgan fingerprint density at radius 2 is 1.58 bits per heavy atom. The Hall–Kier alpha value is -2.82. The third-order valence-corrected chi connectivity index (χ3v) is 2.64. The Kier molecular flexibility index (Phi) is 2.86. The summed E-state index contributed by atoms with van der Waals surface area (Å²) in [5, 5.41) is 0. The number of H-pyrrole nitrogens is 1. The van der Waals surface area contributed by atoms with Gasteiger partial charge in [-0.3, -0.25) is 9.97 Å². The summed E-state index contributed by atoms with van der Waals surface area (Å²) >= 11 is 0. The minimum absolute atomic E-state index is 0.413. The fourth-order valence-corrected chi connectivity index (χ4v) is 1.75. The summed E-state index contributed by atoms with van der Waals surface area (Å²) in [5.41, 5.74) is 1.19. The fourth-order valence-electron chi connectivity index (χ4n) is 1.75. The van der Waals surface area contributed by atoms with Crippen molar-refractivity contribution in [3.63, 3.8) is 0 Å². The maximum atomic E-state index is 11.6. The summed E-state index contributed by atoms with van der Waals surface area (Å²) in [6.45, 7) is 0. The van der Waals surface area contributed by atoms with Crippen LogP contribution in [0.3, 0.4) is 0 Å². The standard InChI is InChI=1S/C14H10N4O/c19-14-17-12(10-4-2-1-3-5-10)16-13(18-14)11-6-8-15-9-7-11/h1-9H,(H,16,17,18,19). The van der Waals surface area contributed by atoms with Crippen molar-refractivity contribution >= 4 is 0 Å². The van der Waals surface area contributed by atoms with Gasteiger partial charge in [-0.05, 0) is 12.1 Å². The molecule has 0 amide bonds. The smallest absolute Gasteiger partial charge is 0.290 e. The predicted molar refractivity (Wildman–Crippen MR) is 71.3 cm³/mol. The fraction of sp³-hybridized carbons (Fsp3) is 0. The van der Waals surface area contributed by atoms with Gasteiger partial charge in [-0.2, -0.15) is 4.98 Å². The molecule has 0 unspecified atom stereocenters. The zero-order valence-corrected chi connectivity index (χ0v) is 9.95. The molecule has 3 rings (SSSR count). The molecule has 0 bridgehead atoms. The van der Waals surface area contributed by atoms with E-state index in [9.17, 15) is 4.79 Å². The van der Waals surface area contributed by atoms with Crippen LogP contribution < -0.4 is 5.69 Å². The van der Waals surface area contributed by atoms with Crippen molar-refractivity contribution in [3.05, 3.63) is 65.3 Å². The Labute approximate surface area is 109 Å². The van der Waals surface area contributed by atoms with Crippen LogP contribution in [0.2, 0.25) is 0 Å². The third kappa shape index (κ3) is 2.40. The van der Waals surface area contributed by atoms with E-state index in [-0.39, 0.29) is 0 Å². The highest BCUT2D eigenvalue weighted by atomic mass is 16.1. The maximum absolute atomic E-state index is 11.6. The van der Waals surface area contributed by atoms with Crippen LogP contribution in [-0.4, -0.2) is 19.9 Å². The minimum atomic E-state index is -0.416. The molecule has 2 heterocycles. The normalized spacial score (nSPS) is 10.3. The zero-order valence-electron chi connectivity index (χ0n) is 9.95. The van der Waals surface area contributed by atoms with Crippen LogP contribution in [0, 0.1) is 0 Å². The van der Waals surface area contributed by atoms with Gasteiger partial charge in [0.05, 0.1) is 0 Å². The molecule has 2 aromatic heterocycles. The van der Waals surface area contributed by atoms with Gasteiger partial charge < -0.3 is 0 Å². The number of hydrogen-bond donors (Lipinski definition) is 1. The molecule has 0 saturated carbocycles. The van der Waals surface area contributed by atoms with Crippen molar-refractivity contribution in [1.29, 1.82) is 0 Å². The second kappa shape index (κ2) is 4.81. The lowest BCUT2D eigenvalue weighted by Crippen LogP contribution is -2.14. The average Bonchev–Trinajstić information content (AvgIpc) is 2.48. The van der Waals surface area contributed by atoms with E-state index < -0.39 is 5.69 Å². The van der Waals surface area contributed by atoms with Gasteiger partial charge in [-0.15, -0.1) is 0 Å². The lowest BCUT2D eigenvalue weighted by atomic mass is 10.2. The number of hydrogen-bond acceptors (Lipinski definition) is 4. The second-order valence-electron chi connectivity index (χ2n) is 3.93. The Morgan fingerprint density at radius 1 is 0.842 bits per heavy atom. The largest absolute Gasteiger partial charge is 0.348 e. The summed E-state index contributed by atoms with van der Waals surface area (Å²) in [6.07, 6.45) is 3.30. The molecule has 0 aliphatic carbocycles. The van der Waals surface area contributed by atoms with Crippen molar-refractivity contribution in [2.75, 3.05) is 0 Å². The number of aromatic amines is 1. The monoisotopic (exact) mass is 250 g/mol. The lowest BCUT2D eigenvalue weighted by molar-refractivity contribution is 1.00. The molecule has 5 heteroatoms. The predicted octanol–water partition coefficient (Wildman–Crippen LogP) is 1.89. The van der Waals surface area contributed by atoms with Gasteiger partial charge in [0.15, 0.2) is 5.82 Å². The van der Waals surface area contributed by atoms with Crippen LogP contribution in [0.4, 0.5) is 0 Å². The Bertz CT molecular complexity index is 677. The van der Waals surface area contributed by atoms with Crippen LogP contribution in [0.25, 0.3) is 22.8 Å². The topological polar surface area (TPSA) is 71.5 Å². The van der Waals surface area contributed by atoms with E-state index in [0.29, 0.717) is 11.6 Å². The van der Waals surface area contributed by atoms with Crippen LogP contribution in [-0.2, 0) is 0 Å². The first-order valence-corrected chi connectivity index (χ1v) is 5.77. The molecule has 0 spiro atoms. The van der Waals surface area contributed by atoms with E-state index in [1.807, 2.05) is 30.3 Å². The summed E-state index contributed by atoms with van der Waals surface area (Å²) < 4.78 is 0. The van der Waals surface area contributed by atoms with Gasteiger partial charge in [-0.1, -0.05) is 30.3 Å². The minimum Gasteiger partial charge on any atom is -0.290 e. The van der Waals surface area contributed by atoms with Gasteiger partial charge in [0.1, 0.15) is 5.82 Å². The van der Waals surface area contributed by atoms with Crippen molar-refractivity contribution in [2.45, 2.75) is 0 Å². The van der Waals surface area contributed by atoms with E-state index in [0.717, 1.165) is 11.1 Å². The third-order valence-electron chi connectivity index (χ3n) is 2.64. The molecule has 3 aromatic rings. The van der Waals surface area contributed by atoms with Gasteiger partial charge in [-0.25, -0.2) is 9.78 Å². The molecule has 0 atom stereocenters. The molecule has 92 valence electrons. The van der Waals surface area contributed by atoms with Crippen LogP contribution >= 0.6 is 0 Å². The summed E-state index contributed by atoms with van der Waals surface area (Å²) in [6, 6.07) is 13.0. The van der Waals surface area contributed by atoms with Crippen LogP contribution in [0.15, 0.2) is 59.7 Å². The maximum Gasteiger partial charge on any atom is 0.348 e. The SMILES string of the molecule is O=c1nc(-c2ccccc2)nc(-c2ccncc2)[nH]1. The van der Waals surface area contributed by atoms with E-state index >= 15 is 0 Å². The van der Waals surface area contributed by atoms with Crippen LogP contribution in [0.5, 0.6) is 0 Å². The van der Waals surface area contributed by atoms with Crippen LogP contribution in [0.1, 0.15) is 0 Å². The van der Waals surface area contributed by atoms with E-state index in [1.54, 1.807) is 24.5 Å². The first-order valence-electron chi connectivity index (χ1n) is 5.77. The molecule has 0 fully saturated rings. The summed E-state index contributed by atoms with van der Waals surface area (Å²) in [4.78, 5) is 26.5. The molecule has 0 aliphatic heterocycles. The van der Waals surface area contributed by atoms with Gasteiger partial charge in [0.25, 0.3) is 0 Å². The summed E-state index contributed by atoms with van der Waals surface area (Å²) in [5.74, 6) is 0.900. The van der Waals surface area contributed by atoms with Crippen molar-refractivity contribution in [3.8, 4) is 22.8 Å². The number of rotatable bonds is 2. The van der Waals surface area contributed by atoms with E-state index in [4.69, 9.17) is 0 Å². The first kappa shape index (κ1) is 11.3. The molecule has 1 aromatic carbocycles. The second-order valence-corrected chi connectivity index (χ2v) is 3.93. The van der Waals surface area contributed by atoms with Gasteiger partial charge in [0, 0.05) is 23.5 Å². The molecular weight excluding hydrogens is 240 g/mol. The molecule has 1 N–H and O–H groups in total. The average molecular weight is 250 g/mol. The summed E-state index contributed by atoms with van der Waals surface area (Å²) in [7, 11) is 0. The molecule has 5 nitrogen and oxygen atoms in total. The molecule has 0 saturated heterocycles. The zero-order chi connectivity index (χ0) is 13.1. The molecular formula is C14H10N4O. The van der Waals surface area contributed by atoms with Gasteiger partial charge in [0.2, 0.25) is 0 Å². The number of nitrogens with one attached hydrogen (secondary N) is 1. The van der Waals surface area contributed by atoms with E-state index in [1.165, 1.54) is 0 Å². The molecule has 0 radical (unpaired) electrons. The van der Waals surface area contributed by atoms with Gasteiger partial charge >= 0.3 is 5.69 Å². The number of benzene rings is 1. The Morgan fingerprint density at radius 3 is 2.32 bits per heavy atom. The first-order chi connectivity index (χ1) is 9.33. The number of pyridine rings is 1. The quantitative estimate of drug-likeness (QED) is 0.754. The number of aromatic nitrogens is 4. The van der Waals surface area contributed by atoms with Crippen molar-refractivity contribution in [1.82, 2.24) is 19.9 Å². The molecule has 19 heavy (non-hydrogen) atoms. The highest BCUT2D eigenvalue weighted by molar-refractivity contribution is 5.59. The highest BCUT2D eigenvalue weighted by Crippen LogP contribution is 2.16.